The van der Waals surface area contributed by atoms with Crippen LogP contribution in [0.2, 0.25) is 0 Å². The Balaban J connectivity index is 2.31. The van der Waals surface area contributed by atoms with Crippen molar-refractivity contribution in [2.75, 3.05) is 19.6 Å². The van der Waals surface area contributed by atoms with Gasteiger partial charge in [-0.2, -0.15) is 0 Å². The Kier molecular flexibility index (Phi) is 5.79. The van der Waals surface area contributed by atoms with Gasteiger partial charge in [0.2, 0.25) is 17.7 Å². The Morgan fingerprint density at radius 1 is 1.26 bits per heavy atom. The monoisotopic (exact) mass is 269 g/mol. The second kappa shape index (κ2) is 7.11. The molecule has 108 valence electrons. The predicted molar refractivity (Wildman–Crippen MR) is 71.0 cm³/mol. The number of nitrogens with one attached hydrogen (secondary N) is 1. The lowest BCUT2D eigenvalue weighted by atomic mass is 9.95. The van der Waals surface area contributed by atoms with Gasteiger partial charge in [-0.15, -0.1) is 0 Å². The molecule has 0 aromatic heterocycles. The standard InChI is InChI=1S/C13H23N3O3/c1-9(2)13(19)16-7-4-10(5-8-16)12(18)15-6-3-11(14)17/h9-10H,3-8H2,1-2H3,(H2,14,17)(H,15,18). The van der Waals surface area contributed by atoms with E-state index in [1.54, 1.807) is 0 Å². The van der Waals surface area contributed by atoms with Gasteiger partial charge in [0.1, 0.15) is 0 Å². The van der Waals surface area contributed by atoms with Gasteiger partial charge in [-0.25, -0.2) is 0 Å². The number of rotatable bonds is 5. The number of likely N-dealkylation sites (tertiary alicyclic amines) is 1. The smallest absolute Gasteiger partial charge is 0.225 e. The third-order valence-corrected chi connectivity index (χ3v) is 3.34. The first-order valence-electron chi connectivity index (χ1n) is 6.76. The van der Waals surface area contributed by atoms with E-state index in [1.165, 1.54) is 0 Å². The lowest BCUT2D eigenvalue weighted by Gasteiger charge is -2.32. The fourth-order valence-electron chi connectivity index (χ4n) is 2.18. The van der Waals surface area contributed by atoms with E-state index in [0.717, 1.165) is 0 Å². The molecule has 0 aromatic carbocycles. The Labute approximate surface area is 113 Å². The second-order valence-electron chi connectivity index (χ2n) is 5.26. The number of primary amides is 1. The summed E-state index contributed by atoms with van der Waals surface area (Å²) in [5.41, 5.74) is 5.00. The number of hydrogen-bond donors (Lipinski definition) is 2. The average Bonchev–Trinajstić information content (AvgIpc) is 2.37. The summed E-state index contributed by atoms with van der Waals surface area (Å²) >= 11 is 0. The highest BCUT2D eigenvalue weighted by atomic mass is 16.2. The Bertz CT molecular complexity index is 347. The van der Waals surface area contributed by atoms with E-state index in [4.69, 9.17) is 5.73 Å². The average molecular weight is 269 g/mol. The lowest BCUT2D eigenvalue weighted by molar-refractivity contribution is -0.138. The van der Waals surface area contributed by atoms with Crippen LogP contribution in [0.1, 0.15) is 33.1 Å². The molecular formula is C13H23N3O3. The molecule has 6 nitrogen and oxygen atoms in total. The predicted octanol–water partition coefficient (Wildman–Crippen LogP) is -0.127. The van der Waals surface area contributed by atoms with E-state index in [0.29, 0.717) is 32.5 Å². The fraction of sp³-hybridized carbons (Fsp3) is 0.769. The van der Waals surface area contributed by atoms with Crippen LogP contribution >= 0.6 is 0 Å². The molecule has 0 spiro atoms. The maximum Gasteiger partial charge on any atom is 0.225 e. The van der Waals surface area contributed by atoms with Crippen molar-refractivity contribution in [1.82, 2.24) is 10.2 Å². The first kappa shape index (κ1) is 15.5. The third kappa shape index (κ3) is 4.89. The molecular weight excluding hydrogens is 246 g/mol. The summed E-state index contributed by atoms with van der Waals surface area (Å²) in [4.78, 5) is 36.0. The molecule has 6 heteroatoms. The molecule has 1 heterocycles. The quantitative estimate of drug-likeness (QED) is 0.728. The topological polar surface area (TPSA) is 92.5 Å². The highest BCUT2D eigenvalue weighted by molar-refractivity contribution is 5.81. The van der Waals surface area contributed by atoms with Gasteiger partial charge in [0, 0.05) is 37.9 Å². The molecule has 1 saturated heterocycles. The second-order valence-corrected chi connectivity index (χ2v) is 5.26. The van der Waals surface area contributed by atoms with E-state index >= 15 is 0 Å². The normalized spacial score (nSPS) is 16.5. The number of piperidine rings is 1. The highest BCUT2D eigenvalue weighted by Gasteiger charge is 2.27. The minimum atomic E-state index is -0.419. The van der Waals surface area contributed by atoms with Gasteiger partial charge >= 0.3 is 0 Å². The van der Waals surface area contributed by atoms with Crippen LogP contribution < -0.4 is 11.1 Å². The van der Waals surface area contributed by atoms with Crippen molar-refractivity contribution in [3.8, 4) is 0 Å². The number of carbonyl (C=O) groups is 3. The molecule has 0 unspecified atom stereocenters. The van der Waals surface area contributed by atoms with Crippen LogP contribution in [0, 0.1) is 11.8 Å². The molecule has 0 radical (unpaired) electrons. The summed E-state index contributed by atoms with van der Waals surface area (Å²) in [7, 11) is 0. The molecule has 1 aliphatic rings. The van der Waals surface area contributed by atoms with Crippen molar-refractivity contribution >= 4 is 17.7 Å². The Morgan fingerprint density at radius 2 is 1.84 bits per heavy atom. The molecule has 3 amide bonds. The largest absolute Gasteiger partial charge is 0.370 e. The summed E-state index contributed by atoms with van der Waals surface area (Å²) in [6.07, 6.45) is 1.53. The fourth-order valence-corrected chi connectivity index (χ4v) is 2.18. The van der Waals surface area contributed by atoms with Crippen molar-refractivity contribution in [2.24, 2.45) is 17.6 Å². The Morgan fingerprint density at radius 3 is 2.32 bits per heavy atom. The summed E-state index contributed by atoms with van der Waals surface area (Å²) in [6, 6.07) is 0. The first-order chi connectivity index (χ1) is 8.91. The summed E-state index contributed by atoms with van der Waals surface area (Å²) in [5, 5.41) is 2.71. The lowest BCUT2D eigenvalue weighted by Crippen LogP contribution is -2.44. The van der Waals surface area contributed by atoms with Crippen LogP contribution in [0.4, 0.5) is 0 Å². The Hall–Kier alpha value is -1.59. The highest BCUT2D eigenvalue weighted by Crippen LogP contribution is 2.18. The van der Waals surface area contributed by atoms with Crippen LogP contribution in [0.3, 0.4) is 0 Å². The number of nitrogens with two attached hydrogens (primary N) is 1. The van der Waals surface area contributed by atoms with Crippen molar-refractivity contribution in [3.63, 3.8) is 0 Å². The van der Waals surface area contributed by atoms with Crippen LogP contribution in [-0.2, 0) is 14.4 Å². The molecule has 0 bridgehead atoms. The van der Waals surface area contributed by atoms with Gasteiger partial charge in [-0.05, 0) is 12.8 Å². The van der Waals surface area contributed by atoms with Crippen LogP contribution in [0.15, 0.2) is 0 Å². The first-order valence-corrected chi connectivity index (χ1v) is 6.76. The van der Waals surface area contributed by atoms with Gasteiger partial charge in [0.25, 0.3) is 0 Å². The molecule has 0 aromatic rings. The van der Waals surface area contributed by atoms with E-state index in [9.17, 15) is 14.4 Å². The molecule has 1 fully saturated rings. The zero-order chi connectivity index (χ0) is 14.4. The van der Waals surface area contributed by atoms with Gasteiger partial charge in [-0.1, -0.05) is 13.8 Å². The molecule has 0 atom stereocenters. The van der Waals surface area contributed by atoms with Crippen LogP contribution in [0.25, 0.3) is 0 Å². The van der Waals surface area contributed by atoms with Gasteiger partial charge in [0.15, 0.2) is 0 Å². The van der Waals surface area contributed by atoms with Crippen molar-refractivity contribution in [3.05, 3.63) is 0 Å². The maximum atomic E-state index is 11.8. The summed E-state index contributed by atoms with van der Waals surface area (Å²) < 4.78 is 0. The number of nitrogens with zero attached hydrogens (tertiary/aromatic N) is 1. The SMILES string of the molecule is CC(C)C(=O)N1CCC(C(=O)NCCC(N)=O)CC1. The number of hydrogen-bond acceptors (Lipinski definition) is 3. The van der Waals surface area contributed by atoms with E-state index < -0.39 is 5.91 Å². The molecule has 1 rings (SSSR count). The molecule has 19 heavy (non-hydrogen) atoms. The molecule has 3 N–H and O–H groups in total. The minimum absolute atomic E-state index is 0.000873. The van der Waals surface area contributed by atoms with Crippen LogP contribution in [0.5, 0.6) is 0 Å². The minimum Gasteiger partial charge on any atom is -0.370 e. The number of carbonyl (C=O) groups excluding carboxylic acids is 3. The van der Waals surface area contributed by atoms with E-state index in [1.807, 2.05) is 18.7 Å². The van der Waals surface area contributed by atoms with Crippen LogP contribution in [-0.4, -0.2) is 42.3 Å². The maximum absolute atomic E-state index is 11.8. The molecule has 1 aliphatic heterocycles. The van der Waals surface area contributed by atoms with E-state index in [2.05, 4.69) is 5.32 Å². The molecule has 0 aliphatic carbocycles. The number of amides is 3. The van der Waals surface area contributed by atoms with Crippen molar-refractivity contribution in [2.45, 2.75) is 33.1 Å². The van der Waals surface area contributed by atoms with Gasteiger partial charge < -0.3 is 16.0 Å². The third-order valence-electron chi connectivity index (χ3n) is 3.34. The van der Waals surface area contributed by atoms with E-state index in [-0.39, 0.29) is 30.1 Å². The van der Waals surface area contributed by atoms with Gasteiger partial charge in [-0.3, -0.25) is 14.4 Å². The summed E-state index contributed by atoms with van der Waals surface area (Å²) in [6.45, 7) is 5.31. The zero-order valence-corrected chi connectivity index (χ0v) is 11.6. The van der Waals surface area contributed by atoms with Crippen molar-refractivity contribution in [1.29, 1.82) is 0 Å². The molecule has 0 saturated carbocycles. The van der Waals surface area contributed by atoms with Gasteiger partial charge in [0.05, 0.1) is 0 Å². The summed E-state index contributed by atoms with van der Waals surface area (Å²) in [5.74, 6) is -0.381. The zero-order valence-electron chi connectivity index (χ0n) is 11.6. The van der Waals surface area contributed by atoms with Crippen molar-refractivity contribution < 1.29 is 14.4 Å².